The van der Waals surface area contributed by atoms with E-state index in [0.717, 1.165) is 51.4 Å². The molecule has 1 N–H and O–H groups in total. The Kier molecular flexibility index (Phi) is 5.17. The average Bonchev–Trinajstić information content (AvgIpc) is 3.46. The third-order valence-electron chi connectivity index (χ3n) is 6.90. The third kappa shape index (κ3) is 3.47. The molecule has 4 rings (SSSR count). The maximum Gasteiger partial charge on any atom is 0.227 e. The van der Waals surface area contributed by atoms with E-state index in [1.54, 1.807) is 4.31 Å². The summed E-state index contributed by atoms with van der Waals surface area (Å²) < 4.78 is 27.1. The molecule has 0 bridgehead atoms. The largest absolute Gasteiger partial charge is 0.355 e. The number of hydrogen-bond donors (Lipinski definition) is 1. The van der Waals surface area contributed by atoms with Gasteiger partial charge in [0, 0.05) is 18.6 Å². The first-order valence-electron chi connectivity index (χ1n) is 10.5. The van der Waals surface area contributed by atoms with Gasteiger partial charge in [-0.15, -0.1) is 0 Å². The highest BCUT2D eigenvalue weighted by Crippen LogP contribution is 2.50. The average molecular weight is 381 g/mol. The lowest BCUT2D eigenvalue weighted by Crippen LogP contribution is -2.63. The van der Waals surface area contributed by atoms with E-state index in [9.17, 15) is 13.2 Å². The molecular weight excluding hydrogens is 348 g/mol. The summed E-state index contributed by atoms with van der Waals surface area (Å²) >= 11 is 0. The molecule has 5 nitrogen and oxygen atoms in total. The van der Waals surface area contributed by atoms with Crippen LogP contribution in [0.2, 0.25) is 0 Å². The fourth-order valence-electron chi connectivity index (χ4n) is 5.33. The van der Waals surface area contributed by atoms with Gasteiger partial charge in [0.05, 0.1) is 11.2 Å². The summed E-state index contributed by atoms with van der Waals surface area (Å²) in [6, 6.07) is 0.0411. The minimum atomic E-state index is -3.20. The van der Waals surface area contributed by atoms with Crippen LogP contribution in [0.1, 0.15) is 77.0 Å². The summed E-state index contributed by atoms with van der Waals surface area (Å²) in [5.74, 6) is 0.248. The molecule has 1 heterocycles. The van der Waals surface area contributed by atoms with E-state index in [4.69, 9.17) is 0 Å². The molecule has 0 spiro atoms. The van der Waals surface area contributed by atoms with Gasteiger partial charge in [0.15, 0.2) is 0 Å². The molecule has 0 radical (unpaired) electrons. The Morgan fingerprint density at radius 1 is 1.15 bits per heavy atom. The van der Waals surface area contributed by atoms with Gasteiger partial charge in [0.1, 0.15) is 0 Å². The van der Waals surface area contributed by atoms with E-state index in [-0.39, 0.29) is 23.7 Å². The van der Waals surface area contributed by atoms with E-state index < -0.39 is 15.4 Å². The first-order valence-corrected chi connectivity index (χ1v) is 12.1. The number of allylic oxidation sites excluding steroid dienone is 1. The molecule has 0 aromatic rings. The molecule has 0 unspecified atom stereocenters. The lowest BCUT2D eigenvalue weighted by atomic mass is 9.67. The van der Waals surface area contributed by atoms with Crippen LogP contribution in [0.5, 0.6) is 0 Å². The highest BCUT2D eigenvalue weighted by Gasteiger charge is 2.58. The molecule has 3 fully saturated rings. The molecule has 1 aliphatic heterocycles. The van der Waals surface area contributed by atoms with Crippen molar-refractivity contribution in [3.05, 3.63) is 11.6 Å². The molecule has 1 saturated heterocycles. The van der Waals surface area contributed by atoms with E-state index in [2.05, 4.69) is 11.4 Å². The lowest BCUT2D eigenvalue weighted by molar-refractivity contribution is -0.137. The van der Waals surface area contributed by atoms with Gasteiger partial charge in [-0.25, -0.2) is 8.42 Å². The zero-order valence-corrected chi connectivity index (χ0v) is 16.5. The normalized spacial score (nSPS) is 34.6. The number of nitrogens with one attached hydrogen (secondary N) is 1. The predicted molar refractivity (Wildman–Crippen MR) is 102 cm³/mol. The van der Waals surface area contributed by atoms with E-state index in [1.165, 1.54) is 24.8 Å². The standard InChI is InChI=1S/C20H32N2O3S/c23-19(21-14-11-16-6-2-1-3-7-16)20-12-5-4-8-18(20)22(17-9-10-17)26(24,25)15-13-20/h6,17-18H,1-5,7-15H2,(H,21,23)/t18-,20-/m1/s1. The van der Waals surface area contributed by atoms with Crippen LogP contribution in [0.4, 0.5) is 0 Å². The smallest absolute Gasteiger partial charge is 0.227 e. The van der Waals surface area contributed by atoms with Crippen LogP contribution in [0.25, 0.3) is 0 Å². The first-order chi connectivity index (χ1) is 12.5. The van der Waals surface area contributed by atoms with Gasteiger partial charge in [0.25, 0.3) is 0 Å². The van der Waals surface area contributed by atoms with Crippen LogP contribution in [-0.2, 0) is 14.8 Å². The van der Waals surface area contributed by atoms with Gasteiger partial charge in [-0.2, -0.15) is 4.31 Å². The summed E-state index contributed by atoms with van der Waals surface area (Å²) in [6.45, 7) is 0.690. The number of rotatable bonds is 5. The van der Waals surface area contributed by atoms with Crippen LogP contribution in [-0.4, -0.2) is 43.0 Å². The molecule has 0 aromatic heterocycles. The van der Waals surface area contributed by atoms with Gasteiger partial charge in [0.2, 0.25) is 15.9 Å². The summed E-state index contributed by atoms with van der Waals surface area (Å²) in [5, 5.41) is 3.20. The summed E-state index contributed by atoms with van der Waals surface area (Å²) in [5.41, 5.74) is 0.979. The van der Waals surface area contributed by atoms with Crippen LogP contribution in [0.3, 0.4) is 0 Å². The van der Waals surface area contributed by atoms with Crippen LogP contribution >= 0.6 is 0 Å². The van der Waals surface area contributed by atoms with Crippen molar-refractivity contribution in [2.75, 3.05) is 12.3 Å². The van der Waals surface area contributed by atoms with Gasteiger partial charge in [-0.3, -0.25) is 4.79 Å². The fourth-order valence-corrected chi connectivity index (χ4v) is 7.52. The number of carbonyl (C=O) groups excluding carboxylic acids is 1. The number of amides is 1. The van der Waals surface area contributed by atoms with Gasteiger partial charge >= 0.3 is 0 Å². The zero-order chi connectivity index (χ0) is 18.2. The van der Waals surface area contributed by atoms with Crippen molar-refractivity contribution >= 4 is 15.9 Å². The summed E-state index contributed by atoms with van der Waals surface area (Å²) in [6.07, 6.45) is 14.3. The van der Waals surface area contributed by atoms with Crippen LogP contribution in [0, 0.1) is 5.41 Å². The Morgan fingerprint density at radius 3 is 2.73 bits per heavy atom. The van der Waals surface area contributed by atoms with Crippen molar-refractivity contribution in [1.82, 2.24) is 9.62 Å². The number of nitrogens with zero attached hydrogens (tertiary/aromatic N) is 1. The highest BCUT2D eigenvalue weighted by atomic mass is 32.2. The van der Waals surface area contributed by atoms with Crippen molar-refractivity contribution in [2.45, 2.75) is 89.1 Å². The minimum absolute atomic E-state index is 0.110. The molecule has 2 atom stereocenters. The molecule has 146 valence electrons. The zero-order valence-electron chi connectivity index (χ0n) is 15.7. The molecule has 6 heteroatoms. The Hall–Kier alpha value is -0.880. The molecule has 26 heavy (non-hydrogen) atoms. The number of hydrogen-bond acceptors (Lipinski definition) is 3. The number of carbonyl (C=O) groups is 1. The van der Waals surface area contributed by atoms with Crippen molar-refractivity contribution < 1.29 is 13.2 Å². The highest BCUT2D eigenvalue weighted by molar-refractivity contribution is 7.89. The molecule has 2 saturated carbocycles. The monoisotopic (exact) mass is 380 g/mol. The van der Waals surface area contributed by atoms with Gasteiger partial charge in [-0.05, 0) is 64.2 Å². The molecule has 4 aliphatic rings. The Balaban J connectivity index is 1.47. The Morgan fingerprint density at radius 2 is 2.00 bits per heavy atom. The van der Waals surface area contributed by atoms with Crippen LogP contribution in [0.15, 0.2) is 11.6 Å². The fraction of sp³-hybridized carbons (Fsp3) is 0.850. The summed E-state index contributed by atoms with van der Waals surface area (Å²) in [4.78, 5) is 13.2. The summed E-state index contributed by atoms with van der Waals surface area (Å²) in [7, 11) is -3.20. The van der Waals surface area contributed by atoms with E-state index >= 15 is 0 Å². The number of sulfonamides is 1. The molecular formula is C20H32N2O3S. The maximum atomic E-state index is 13.2. The minimum Gasteiger partial charge on any atom is -0.355 e. The van der Waals surface area contributed by atoms with E-state index in [0.29, 0.717) is 13.0 Å². The second kappa shape index (κ2) is 7.27. The second-order valence-corrected chi connectivity index (χ2v) is 10.7. The van der Waals surface area contributed by atoms with Crippen molar-refractivity contribution in [3.8, 4) is 0 Å². The van der Waals surface area contributed by atoms with Gasteiger partial charge < -0.3 is 5.32 Å². The maximum absolute atomic E-state index is 13.2. The second-order valence-electron chi connectivity index (χ2n) is 8.66. The SMILES string of the molecule is O=C(NCCC1=CCCCC1)[C@@]12CCCC[C@H]1N(C1CC1)S(=O)(=O)CC2. The van der Waals surface area contributed by atoms with Gasteiger partial charge in [-0.1, -0.05) is 24.5 Å². The topological polar surface area (TPSA) is 66.5 Å². The molecule has 0 aromatic carbocycles. The Bertz CT molecular complexity index is 683. The predicted octanol–water partition coefficient (Wildman–Crippen LogP) is 3.12. The first kappa shape index (κ1) is 18.5. The lowest BCUT2D eigenvalue weighted by Gasteiger charge is -2.51. The molecule has 1 amide bonds. The van der Waals surface area contributed by atoms with E-state index in [1.807, 2.05) is 0 Å². The number of fused-ring (bicyclic) bond motifs is 1. The Labute approximate surface area is 157 Å². The third-order valence-corrected chi connectivity index (χ3v) is 8.81. The molecule has 3 aliphatic carbocycles. The van der Waals surface area contributed by atoms with Crippen LogP contribution < -0.4 is 5.32 Å². The van der Waals surface area contributed by atoms with Crippen molar-refractivity contribution in [1.29, 1.82) is 0 Å². The van der Waals surface area contributed by atoms with Crippen molar-refractivity contribution in [3.63, 3.8) is 0 Å². The van der Waals surface area contributed by atoms with Crippen molar-refractivity contribution in [2.24, 2.45) is 5.41 Å². The quantitative estimate of drug-likeness (QED) is 0.745.